The minimum Gasteiger partial charge on any atom is -0.480 e. The zero-order valence-corrected chi connectivity index (χ0v) is 18.7. The molecule has 0 amide bonds. The highest BCUT2D eigenvalue weighted by atomic mass is 19.4. The number of carboxylic acid groups (broad SMARTS) is 1. The Morgan fingerprint density at radius 2 is 1.97 bits per heavy atom. The zero-order valence-electron chi connectivity index (χ0n) is 18.7. The number of nitrogens with zero attached hydrogens (tertiary/aromatic N) is 6. The maximum atomic E-state index is 13.3. The monoisotopic (exact) mass is 495 g/mol. The molecule has 10 nitrogen and oxygen atoms in total. The summed E-state index contributed by atoms with van der Waals surface area (Å²) < 4.78 is 46.0. The number of methoxy groups -OCH3 is 1. The molecule has 13 heteroatoms. The van der Waals surface area contributed by atoms with Crippen LogP contribution in [0.15, 0.2) is 48.8 Å². The van der Waals surface area contributed by atoms with Gasteiger partial charge in [0.15, 0.2) is 11.5 Å². The maximum absolute atomic E-state index is 13.3. The van der Waals surface area contributed by atoms with Gasteiger partial charge in [-0.15, -0.1) is 0 Å². The van der Waals surface area contributed by atoms with E-state index in [0.29, 0.717) is 11.3 Å². The fourth-order valence-electron chi connectivity index (χ4n) is 3.34. The Bertz CT molecular complexity index is 1510. The third-order valence-electron chi connectivity index (χ3n) is 4.98. The molecule has 0 saturated carbocycles. The van der Waals surface area contributed by atoms with Gasteiger partial charge in [-0.05, 0) is 37.3 Å². The molecule has 0 aliphatic heterocycles. The second kappa shape index (κ2) is 9.34. The van der Waals surface area contributed by atoms with Crippen molar-refractivity contribution in [3.63, 3.8) is 0 Å². The SMILES string of the molecule is COc1ncc(-c2cnc(Nc3cccc(C#N)c3)nc2-n2nc(C(F)(F)F)cc2C)cc1C(=O)O. The van der Waals surface area contributed by atoms with Crippen LogP contribution in [0.4, 0.5) is 24.8 Å². The van der Waals surface area contributed by atoms with E-state index < -0.39 is 17.8 Å². The number of aromatic carboxylic acids is 1. The first kappa shape index (κ1) is 24.1. The van der Waals surface area contributed by atoms with Crippen molar-refractivity contribution < 1.29 is 27.8 Å². The molecular formula is C23H16F3N7O3. The highest BCUT2D eigenvalue weighted by molar-refractivity contribution is 5.92. The molecule has 0 unspecified atom stereocenters. The number of hydrogen-bond donors (Lipinski definition) is 2. The quantitative estimate of drug-likeness (QED) is 0.399. The molecular weight excluding hydrogens is 479 g/mol. The van der Waals surface area contributed by atoms with Crippen molar-refractivity contribution >= 4 is 17.6 Å². The fraction of sp³-hybridized carbons (Fsp3) is 0.130. The molecule has 0 fully saturated rings. The van der Waals surface area contributed by atoms with E-state index in [4.69, 9.17) is 10.00 Å². The van der Waals surface area contributed by atoms with Crippen molar-refractivity contribution in [3.8, 4) is 28.9 Å². The molecule has 2 N–H and O–H groups in total. The van der Waals surface area contributed by atoms with Gasteiger partial charge in [-0.3, -0.25) is 0 Å². The van der Waals surface area contributed by atoms with Crippen LogP contribution in [0.3, 0.4) is 0 Å². The van der Waals surface area contributed by atoms with E-state index in [1.807, 2.05) is 6.07 Å². The molecule has 4 aromatic rings. The summed E-state index contributed by atoms with van der Waals surface area (Å²) in [5, 5.41) is 25.2. The Morgan fingerprint density at radius 3 is 2.61 bits per heavy atom. The lowest BCUT2D eigenvalue weighted by Crippen LogP contribution is -2.11. The molecule has 0 bridgehead atoms. The van der Waals surface area contributed by atoms with Gasteiger partial charge >= 0.3 is 12.1 Å². The van der Waals surface area contributed by atoms with Crippen LogP contribution in [0, 0.1) is 18.3 Å². The number of nitriles is 1. The lowest BCUT2D eigenvalue weighted by atomic mass is 10.1. The van der Waals surface area contributed by atoms with Crippen molar-refractivity contribution in [2.24, 2.45) is 0 Å². The van der Waals surface area contributed by atoms with E-state index >= 15 is 0 Å². The number of ether oxygens (including phenoxy) is 1. The van der Waals surface area contributed by atoms with E-state index in [0.717, 1.165) is 10.7 Å². The van der Waals surface area contributed by atoms with E-state index in [2.05, 4.69) is 25.4 Å². The molecule has 3 heterocycles. The number of nitrogens with one attached hydrogen (secondary N) is 1. The number of carbonyl (C=O) groups is 1. The van der Waals surface area contributed by atoms with Crippen LogP contribution in [-0.4, -0.2) is 42.9 Å². The molecule has 182 valence electrons. The average Bonchev–Trinajstić information content (AvgIpc) is 3.25. The van der Waals surface area contributed by atoms with Crippen LogP contribution < -0.4 is 10.1 Å². The second-order valence-electron chi connectivity index (χ2n) is 7.42. The van der Waals surface area contributed by atoms with Gasteiger partial charge in [-0.25, -0.2) is 19.4 Å². The predicted octanol–water partition coefficient (Wildman–Crippen LogP) is 4.37. The topological polar surface area (TPSA) is 139 Å². The number of halogens is 3. The number of hydrogen-bond acceptors (Lipinski definition) is 8. The predicted molar refractivity (Wildman–Crippen MR) is 120 cm³/mol. The average molecular weight is 495 g/mol. The minimum absolute atomic E-state index is 0.00669. The number of pyridine rings is 1. The summed E-state index contributed by atoms with van der Waals surface area (Å²) in [5.74, 6) is -1.50. The smallest absolute Gasteiger partial charge is 0.435 e. The lowest BCUT2D eigenvalue weighted by Gasteiger charge is -2.14. The molecule has 0 aliphatic rings. The van der Waals surface area contributed by atoms with E-state index in [1.165, 1.54) is 32.5 Å². The van der Waals surface area contributed by atoms with Crippen molar-refractivity contribution in [3.05, 3.63) is 71.3 Å². The highest BCUT2D eigenvalue weighted by Gasteiger charge is 2.35. The Hall–Kier alpha value is -4.99. The first-order chi connectivity index (χ1) is 17.1. The van der Waals surface area contributed by atoms with Gasteiger partial charge in [0.1, 0.15) is 5.56 Å². The molecule has 0 saturated heterocycles. The molecule has 1 aromatic carbocycles. The van der Waals surface area contributed by atoms with E-state index in [-0.39, 0.29) is 40.0 Å². The van der Waals surface area contributed by atoms with Gasteiger partial charge in [0.05, 0.1) is 18.7 Å². The molecule has 0 radical (unpaired) electrons. The number of rotatable bonds is 6. The number of aryl methyl sites for hydroxylation is 1. The first-order valence-electron chi connectivity index (χ1n) is 10.2. The molecule has 3 aromatic heterocycles. The molecule has 0 atom stereocenters. The van der Waals surface area contributed by atoms with Gasteiger partial charge < -0.3 is 15.2 Å². The summed E-state index contributed by atoms with van der Waals surface area (Å²) in [4.78, 5) is 24.2. The van der Waals surface area contributed by atoms with Gasteiger partial charge in [0.2, 0.25) is 11.8 Å². The minimum atomic E-state index is -4.69. The standard InChI is InChI=1S/C23H16F3N7O3/c1-12-6-18(23(24,25)26)32-33(12)19-17(14-8-16(21(34)35)20(36-2)28-10-14)11-29-22(31-19)30-15-5-3-4-13(7-15)9-27/h3-8,10-11H,1-2H3,(H,34,35)(H,29,30,31). The highest BCUT2D eigenvalue weighted by Crippen LogP contribution is 2.33. The Kier molecular flexibility index (Phi) is 6.26. The number of anilines is 2. The number of benzene rings is 1. The molecule has 0 spiro atoms. The number of aromatic nitrogens is 5. The summed E-state index contributed by atoms with van der Waals surface area (Å²) in [5.41, 5.74) is -0.0296. The van der Waals surface area contributed by atoms with Crippen LogP contribution >= 0.6 is 0 Å². The Labute approximate surface area is 201 Å². The fourth-order valence-corrected chi connectivity index (χ4v) is 3.34. The Balaban J connectivity index is 1.89. The van der Waals surface area contributed by atoms with Crippen molar-refractivity contribution in [1.29, 1.82) is 5.26 Å². The van der Waals surface area contributed by atoms with E-state index in [9.17, 15) is 23.1 Å². The van der Waals surface area contributed by atoms with Crippen molar-refractivity contribution in [1.82, 2.24) is 24.7 Å². The summed E-state index contributed by atoms with van der Waals surface area (Å²) >= 11 is 0. The summed E-state index contributed by atoms with van der Waals surface area (Å²) in [7, 11) is 1.26. The summed E-state index contributed by atoms with van der Waals surface area (Å²) in [6.45, 7) is 1.42. The summed E-state index contributed by atoms with van der Waals surface area (Å²) in [6, 6.07) is 10.6. The van der Waals surface area contributed by atoms with Crippen LogP contribution in [0.25, 0.3) is 16.9 Å². The normalized spacial score (nSPS) is 11.1. The second-order valence-corrected chi connectivity index (χ2v) is 7.42. The van der Waals surface area contributed by atoms with Crippen molar-refractivity contribution in [2.45, 2.75) is 13.1 Å². The largest absolute Gasteiger partial charge is 0.480 e. The van der Waals surface area contributed by atoms with Gasteiger partial charge in [0.25, 0.3) is 0 Å². The number of carboxylic acids is 1. The Morgan fingerprint density at radius 1 is 1.19 bits per heavy atom. The van der Waals surface area contributed by atoms with Crippen LogP contribution in [-0.2, 0) is 6.18 Å². The van der Waals surface area contributed by atoms with Crippen molar-refractivity contribution in [2.75, 3.05) is 12.4 Å². The third-order valence-corrected chi connectivity index (χ3v) is 4.98. The maximum Gasteiger partial charge on any atom is 0.435 e. The zero-order chi connectivity index (χ0) is 26.0. The number of alkyl halides is 3. The lowest BCUT2D eigenvalue weighted by molar-refractivity contribution is -0.141. The van der Waals surface area contributed by atoms with Gasteiger partial charge in [-0.1, -0.05) is 6.07 Å². The molecule has 36 heavy (non-hydrogen) atoms. The van der Waals surface area contributed by atoms with Gasteiger partial charge in [0, 0.05) is 34.9 Å². The van der Waals surface area contributed by atoms with Crippen LogP contribution in [0.2, 0.25) is 0 Å². The molecule has 4 rings (SSSR count). The first-order valence-corrected chi connectivity index (χ1v) is 10.2. The summed E-state index contributed by atoms with van der Waals surface area (Å²) in [6.07, 6.45) is -2.09. The van der Waals surface area contributed by atoms with Crippen LogP contribution in [0.1, 0.15) is 27.3 Å². The third kappa shape index (κ3) is 4.78. The van der Waals surface area contributed by atoms with E-state index in [1.54, 1.807) is 24.3 Å². The van der Waals surface area contributed by atoms with Crippen LogP contribution in [0.5, 0.6) is 5.88 Å². The molecule has 0 aliphatic carbocycles. The van der Waals surface area contributed by atoms with Gasteiger partial charge in [-0.2, -0.15) is 28.5 Å².